The number of halogens is 6. The first-order valence-electron chi connectivity index (χ1n) is 9.19. The van der Waals surface area contributed by atoms with Gasteiger partial charge >= 0.3 is 12.4 Å². The van der Waals surface area contributed by atoms with E-state index < -0.39 is 53.6 Å². The smallest absolute Gasteiger partial charge is 0.451 e. The Morgan fingerprint density at radius 1 is 1.23 bits per heavy atom. The molecule has 3 N–H and O–H groups in total. The molecule has 0 radical (unpaired) electrons. The fourth-order valence-electron chi connectivity index (χ4n) is 3.46. The molecule has 0 bridgehead atoms. The minimum Gasteiger partial charge on any atom is -0.494 e. The number of carbonyl (C=O) groups is 1. The summed E-state index contributed by atoms with van der Waals surface area (Å²) in [7, 11) is 0. The maximum Gasteiger partial charge on any atom is 0.451 e. The highest BCUT2D eigenvalue weighted by molar-refractivity contribution is 5.77. The monoisotopic (exact) mass is 451 g/mol. The number of nitrogens with two attached hydrogens (primary N) is 1. The van der Waals surface area contributed by atoms with Crippen LogP contribution in [0.4, 0.5) is 26.3 Å². The van der Waals surface area contributed by atoms with Gasteiger partial charge in [0.1, 0.15) is 0 Å². The molecule has 2 aromatic rings. The minimum absolute atomic E-state index is 0.0386. The number of hydrogen-bond donors (Lipinski definition) is 2. The van der Waals surface area contributed by atoms with Crippen LogP contribution in [0.2, 0.25) is 0 Å². The average Bonchev–Trinajstić information content (AvgIpc) is 2.95. The van der Waals surface area contributed by atoms with Crippen molar-refractivity contribution >= 4 is 5.91 Å². The third-order valence-electron chi connectivity index (χ3n) is 4.82. The third kappa shape index (κ3) is 5.09. The molecule has 13 heteroatoms. The first kappa shape index (κ1) is 22.8. The van der Waals surface area contributed by atoms with E-state index in [9.17, 15) is 36.2 Å². The van der Waals surface area contributed by atoms with E-state index in [-0.39, 0.29) is 31.8 Å². The summed E-state index contributed by atoms with van der Waals surface area (Å²) < 4.78 is 80.1. The SMILES string of the molecule is Cc1cc(O)n(C[C@@H](N)CC(=O)N2CCc3c(nc(C(F)(F)F)nc3C(F)(F)F)C2)c1. The molecule has 1 atom stereocenters. The summed E-state index contributed by atoms with van der Waals surface area (Å²) >= 11 is 0. The molecule has 1 amide bonds. The summed E-state index contributed by atoms with van der Waals surface area (Å²) in [6.45, 7) is 1.21. The summed E-state index contributed by atoms with van der Waals surface area (Å²) in [4.78, 5) is 19.6. The fraction of sp³-hybridized carbons (Fsp3) is 0.500. The largest absolute Gasteiger partial charge is 0.494 e. The number of carbonyl (C=O) groups excluding carboxylic acids is 1. The predicted molar refractivity (Wildman–Crippen MR) is 94.6 cm³/mol. The molecule has 7 nitrogen and oxygen atoms in total. The summed E-state index contributed by atoms with van der Waals surface area (Å²) in [6, 6.07) is 0.778. The molecule has 31 heavy (non-hydrogen) atoms. The standard InChI is InChI=1S/C18H19F6N5O2/c1-9-4-13(30)29(6-9)7-10(25)5-14(31)28-3-2-11-12(8-28)26-16(18(22,23)24)27-15(11)17(19,20)21/h4,6,10,30H,2-3,5,7-8,25H2,1H3/t10-/m0/s1. The van der Waals surface area contributed by atoms with Gasteiger partial charge in [0.2, 0.25) is 11.7 Å². The highest BCUT2D eigenvalue weighted by Gasteiger charge is 2.43. The summed E-state index contributed by atoms with van der Waals surface area (Å²) in [5.74, 6) is -2.48. The normalized spacial score (nSPS) is 15.7. The van der Waals surface area contributed by atoms with Gasteiger partial charge in [0.05, 0.1) is 12.2 Å². The molecular weight excluding hydrogens is 432 g/mol. The van der Waals surface area contributed by atoms with Crippen molar-refractivity contribution in [3.8, 4) is 5.88 Å². The second-order valence-electron chi connectivity index (χ2n) is 7.37. The van der Waals surface area contributed by atoms with Crippen LogP contribution in [0.5, 0.6) is 5.88 Å². The molecule has 0 unspecified atom stereocenters. The molecular formula is C18H19F6N5O2. The number of fused-ring (bicyclic) bond motifs is 1. The topological polar surface area (TPSA) is 97.3 Å². The van der Waals surface area contributed by atoms with Gasteiger partial charge in [-0.3, -0.25) is 4.79 Å². The van der Waals surface area contributed by atoms with Crippen molar-refractivity contribution in [1.29, 1.82) is 0 Å². The number of amides is 1. The van der Waals surface area contributed by atoms with Gasteiger partial charge in [-0.15, -0.1) is 0 Å². The Morgan fingerprint density at radius 3 is 2.45 bits per heavy atom. The Labute approximate surface area is 172 Å². The zero-order chi connectivity index (χ0) is 23.1. The average molecular weight is 451 g/mol. The van der Waals surface area contributed by atoms with Gasteiger partial charge in [-0.05, 0) is 18.9 Å². The van der Waals surface area contributed by atoms with Crippen molar-refractivity contribution in [2.45, 2.75) is 51.2 Å². The van der Waals surface area contributed by atoms with Crippen LogP contribution in [0.25, 0.3) is 0 Å². The lowest BCUT2D eigenvalue weighted by molar-refractivity contribution is -0.153. The molecule has 1 aliphatic rings. The van der Waals surface area contributed by atoms with Crippen LogP contribution in [0, 0.1) is 6.92 Å². The Kier molecular flexibility index (Phi) is 5.91. The number of aryl methyl sites for hydroxylation is 1. The van der Waals surface area contributed by atoms with Crippen molar-refractivity contribution in [2.75, 3.05) is 6.54 Å². The van der Waals surface area contributed by atoms with Gasteiger partial charge in [-0.1, -0.05) is 0 Å². The van der Waals surface area contributed by atoms with E-state index in [0.717, 1.165) is 10.5 Å². The van der Waals surface area contributed by atoms with Crippen molar-refractivity contribution < 1.29 is 36.2 Å². The first-order valence-corrected chi connectivity index (χ1v) is 9.19. The van der Waals surface area contributed by atoms with Crippen LogP contribution >= 0.6 is 0 Å². The lowest BCUT2D eigenvalue weighted by atomic mass is 10.0. The van der Waals surface area contributed by atoms with Crippen LogP contribution in [0.1, 0.15) is 34.8 Å². The number of aromatic nitrogens is 3. The minimum atomic E-state index is -5.17. The second-order valence-corrected chi connectivity index (χ2v) is 7.37. The molecule has 0 aromatic carbocycles. The van der Waals surface area contributed by atoms with Crippen LogP contribution in [0.3, 0.4) is 0 Å². The number of rotatable bonds is 4. The van der Waals surface area contributed by atoms with Gasteiger partial charge in [0.15, 0.2) is 11.6 Å². The van der Waals surface area contributed by atoms with Crippen molar-refractivity contribution in [1.82, 2.24) is 19.4 Å². The number of nitrogens with zero attached hydrogens (tertiary/aromatic N) is 4. The van der Waals surface area contributed by atoms with Crippen LogP contribution < -0.4 is 5.73 Å². The van der Waals surface area contributed by atoms with E-state index in [4.69, 9.17) is 5.73 Å². The molecule has 1 aliphatic heterocycles. The van der Waals surface area contributed by atoms with Crippen molar-refractivity contribution in [3.63, 3.8) is 0 Å². The Bertz CT molecular complexity index is 985. The Morgan fingerprint density at radius 2 is 1.90 bits per heavy atom. The molecule has 0 saturated carbocycles. The molecule has 170 valence electrons. The highest BCUT2D eigenvalue weighted by Crippen LogP contribution is 2.36. The number of alkyl halides is 6. The zero-order valence-electron chi connectivity index (χ0n) is 16.3. The van der Waals surface area contributed by atoms with E-state index in [1.807, 2.05) is 0 Å². The van der Waals surface area contributed by atoms with E-state index in [2.05, 4.69) is 9.97 Å². The Balaban J connectivity index is 1.77. The molecule has 2 aromatic heterocycles. The third-order valence-corrected chi connectivity index (χ3v) is 4.82. The molecule has 3 heterocycles. The number of hydrogen-bond acceptors (Lipinski definition) is 5. The van der Waals surface area contributed by atoms with Gasteiger partial charge in [0.25, 0.3) is 0 Å². The van der Waals surface area contributed by atoms with Gasteiger partial charge in [0, 0.05) is 43.4 Å². The maximum absolute atomic E-state index is 13.2. The second kappa shape index (κ2) is 8.02. The van der Waals surface area contributed by atoms with Crippen molar-refractivity contribution in [2.24, 2.45) is 5.73 Å². The summed E-state index contributed by atoms with van der Waals surface area (Å²) in [5.41, 5.74) is 4.17. The van der Waals surface area contributed by atoms with E-state index in [0.29, 0.717) is 0 Å². The van der Waals surface area contributed by atoms with Crippen LogP contribution in [-0.2, 0) is 36.7 Å². The predicted octanol–water partition coefficient (Wildman–Crippen LogP) is 2.63. The lowest BCUT2D eigenvalue weighted by Crippen LogP contribution is -2.41. The molecule has 0 saturated heterocycles. The lowest BCUT2D eigenvalue weighted by Gasteiger charge is -2.30. The Hall–Kier alpha value is -2.83. The zero-order valence-corrected chi connectivity index (χ0v) is 16.3. The molecule has 0 fully saturated rings. The first-order chi connectivity index (χ1) is 14.3. The van der Waals surface area contributed by atoms with Crippen LogP contribution in [0.15, 0.2) is 12.3 Å². The summed E-state index contributed by atoms with van der Waals surface area (Å²) in [6.07, 6.45) is -9.17. The van der Waals surface area contributed by atoms with E-state index in [1.54, 1.807) is 13.1 Å². The van der Waals surface area contributed by atoms with E-state index >= 15 is 0 Å². The van der Waals surface area contributed by atoms with Gasteiger partial charge < -0.3 is 20.3 Å². The number of aromatic hydroxyl groups is 1. The highest BCUT2D eigenvalue weighted by atomic mass is 19.4. The van der Waals surface area contributed by atoms with Crippen molar-refractivity contribution in [3.05, 3.63) is 40.6 Å². The van der Waals surface area contributed by atoms with E-state index in [1.165, 1.54) is 10.6 Å². The molecule has 3 rings (SSSR count). The maximum atomic E-state index is 13.2. The summed E-state index contributed by atoms with van der Waals surface area (Å²) in [5, 5.41) is 9.77. The molecule has 0 aliphatic carbocycles. The fourth-order valence-corrected chi connectivity index (χ4v) is 3.46. The van der Waals surface area contributed by atoms with Crippen LogP contribution in [-0.4, -0.2) is 43.0 Å². The molecule has 0 spiro atoms. The quantitative estimate of drug-likeness (QED) is 0.697. The van der Waals surface area contributed by atoms with Gasteiger partial charge in [-0.2, -0.15) is 26.3 Å². The van der Waals surface area contributed by atoms with Gasteiger partial charge in [-0.25, -0.2) is 9.97 Å².